The number of ether oxygens (including phenoxy) is 1. The zero-order valence-corrected chi connectivity index (χ0v) is 18.5. The fourth-order valence-corrected chi connectivity index (χ4v) is 3.90. The minimum absolute atomic E-state index is 0.673. The molecule has 3 aromatic carbocycles. The fourth-order valence-electron chi connectivity index (χ4n) is 3.90. The molecule has 0 fully saturated rings. The van der Waals surface area contributed by atoms with E-state index in [-0.39, 0.29) is 0 Å². The zero-order valence-electron chi connectivity index (χ0n) is 18.5. The van der Waals surface area contributed by atoms with Crippen molar-refractivity contribution < 1.29 is 9.84 Å². The maximum Gasteiger partial charge on any atom is 0.143 e. The van der Waals surface area contributed by atoms with E-state index in [1.54, 1.807) is 0 Å². The van der Waals surface area contributed by atoms with Gasteiger partial charge in [-0.25, -0.2) is 4.98 Å². The van der Waals surface area contributed by atoms with Crippen LogP contribution >= 0.6 is 0 Å². The molecule has 0 saturated carbocycles. The van der Waals surface area contributed by atoms with Crippen molar-refractivity contribution in [2.75, 3.05) is 6.61 Å². The zero-order chi connectivity index (χ0) is 21.8. The van der Waals surface area contributed by atoms with E-state index >= 15 is 0 Å². The topological polar surface area (TPSA) is 47.3 Å². The normalized spacial score (nSPS) is 12.3. The number of aromatic nitrogens is 2. The van der Waals surface area contributed by atoms with Gasteiger partial charge < -0.3 is 14.4 Å². The van der Waals surface area contributed by atoms with Crippen molar-refractivity contribution in [3.05, 3.63) is 94.8 Å². The van der Waals surface area contributed by atoms with Gasteiger partial charge in [-0.2, -0.15) is 0 Å². The number of rotatable bonds is 8. The molecule has 0 saturated heterocycles. The summed E-state index contributed by atoms with van der Waals surface area (Å²) in [6.45, 7) is 7.75. The third kappa shape index (κ3) is 4.64. The number of aliphatic hydroxyl groups is 1. The number of unbranched alkanes of at least 4 members (excludes halogenated alkanes) is 1. The first-order valence-corrected chi connectivity index (χ1v) is 10.9. The van der Waals surface area contributed by atoms with Crippen molar-refractivity contribution in [3.63, 3.8) is 0 Å². The molecule has 0 amide bonds. The van der Waals surface area contributed by atoms with Crippen LogP contribution in [0, 0.1) is 20.8 Å². The molecule has 1 unspecified atom stereocenters. The molecular formula is C27H30N2O2. The Morgan fingerprint density at radius 1 is 0.871 bits per heavy atom. The quantitative estimate of drug-likeness (QED) is 0.365. The summed E-state index contributed by atoms with van der Waals surface area (Å²) in [5, 5.41) is 11.1. The minimum atomic E-state index is -0.752. The molecule has 4 nitrogen and oxygen atoms in total. The van der Waals surface area contributed by atoms with Crippen molar-refractivity contribution in [1.82, 2.24) is 9.55 Å². The van der Waals surface area contributed by atoms with Crippen LogP contribution in [0.3, 0.4) is 0 Å². The lowest BCUT2D eigenvalue weighted by molar-refractivity contribution is 0.204. The molecule has 4 rings (SSSR count). The van der Waals surface area contributed by atoms with E-state index < -0.39 is 6.10 Å². The molecule has 4 heteroatoms. The second kappa shape index (κ2) is 9.36. The van der Waals surface area contributed by atoms with Gasteiger partial charge in [0.15, 0.2) is 0 Å². The average molecular weight is 415 g/mol. The number of fused-ring (bicyclic) bond motifs is 1. The number of hydrogen-bond acceptors (Lipinski definition) is 3. The number of nitrogens with zero attached hydrogens (tertiary/aromatic N) is 2. The average Bonchev–Trinajstić information content (AvgIpc) is 3.12. The molecule has 1 aromatic heterocycles. The summed E-state index contributed by atoms with van der Waals surface area (Å²) in [5.41, 5.74) is 6.47. The summed E-state index contributed by atoms with van der Waals surface area (Å²) in [4.78, 5) is 4.83. The van der Waals surface area contributed by atoms with Gasteiger partial charge in [0.1, 0.15) is 17.7 Å². The number of hydrogen-bond donors (Lipinski definition) is 1. The molecule has 31 heavy (non-hydrogen) atoms. The second-order valence-corrected chi connectivity index (χ2v) is 8.18. The first kappa shape index (κ1) is 21.1. The Labute approximate surface area is 184 Å². The Morgan fingerprint density at radius 2 is 1.58 bits per heavy atom. The Hall–Kier alpha value is -3.11. The summed E-state index contributed by atoms with van der Waals surface area (Å²) in [6.07, 6.45) is 1.12. The monoisotopic (exact) mass is 414 g/mol. The molecule has 1 atom stereocenters. The van der Waals surface area contributed by atoms with Gasteiger partial charge in [-0.05, 0) is 74.1 Å². The molecule has 160 valence electrons. The number of aryl methyl sites for hydroxylation is 4. The van der Waals surface area contributed by atoms with E-state index in [0.29, 0.717) is 12.4 Å². The molecular weight excluding hydrogens is 384 g/mol. The van der Waals surface area contributed by atoms with E-state index in [0.717, 1.165) is 47.3 Å². The number of benzene rings is 3. The predicted octanol–water partition coefficient (Wildman–Crippen LogP) is 5.90. The first-order chi connectivity index (χ1) is 15.0. The van der Waals surface area contributed by atoms with Crippen LogP contribution in [-0.2, 0) is 6.54 Å². The van der Waals surface area contributed by atoms with Crippen LogP contribution in [0.15, 0.2) is 66.7 Å². The lowest BCUT2D eigenvalue weighted by atomic mass is 10.1. The van der Waals surface area contributed by atoms with Crippen molar-refractivity contribution in [2.24, 2.45) is 0 Å². The maximum absolute atomic E-state index is 11.1. The predicted molar refractivity (Wildman–Crippen MR) is 126 cm³/mol. The summed E-state index contributed by atoms with van der Waals surface area (Å²) in [7, 11) is 0. The molecule has 1 N–H and O–H groups in total. The molecule has 0 radical (unpaired) electrons. The minimum Gasteiger partial charge on any atom is -0.493 e. The van der Waals surface area contributed by atoms with Crippen LogP contribution < -0.4 is 4.74 Å². The molecule has 0 aliphatic rings. The Balaban J connectivity index is 1.53. The SMILES string of the molecule is Cc1cc2nc(C(O)c3ccccc3)n(CCCCOc3ccccc3C)c2cc1C. The summed E-state index contributed by atoms with van der Waals surface area (Å²) < 4.78 is 8.13. The van der Waals surface area contributed by atoms with E-state index in [4.69, 9.17) is 9.72 Å². The van der Waals surface area contributed by atoms with Gasteiger partial charge in [0.05, 0.1) is 17.6 Å². The van der Waals surface area contributed by atoms with E-state index in [1.165, 1.54) is 11.1 Å². The maximum atomic E-state index is 11.1. The first-order valence-electron chi connectivity index (χ1n) is 10.9. The van der Waals surface area contributed by atoms with Gasteiger partial charge in [-0.15, -0.1) is 0 Å². The summed E-state index contributed by atoms with van der Waals surface area (Å²) in [5.74, 6) is 1.65. The van der Waals surface area contributed by atoms with Gasteiger partial charge in [-0.3, -0.25) is 0 Å². The standard InChI is InChI=1S/C27H30N2O2/c1-19-11-7-8-14-25(19)31-16-10-9-15-29-24-18-21(3)20(2)17-23(24)28-27(29)26(30)22-12-5-4-6-13-22/h4-8,11-14,17-18,26,30H,9-10,15-16H2,1-3H3. The molecule has 0 bridgehead atoms. The Bertz CT molecular complexity index is 1160. The van der Waals surface area contributed by atoms with Crippen LogP contribution in [0.25, 0.3) is 11.0 Å². The van der Waals surface area contributed by atoms with Crippen LogP contribution in [0.5, 0.6) is 5.75 Å². The lowest BCUT2D eigenvalue weighted by Crippen LogP contribution is -2.11. The molecule has 1 heterocycles. The Morgan fingerprint density at radius 3 is 2.35 bits per heavy atom. The second-order valence-electron chi connectivity index (χ2n) is 8.18. The molecule has 0 spiro atoms. The Kier molecular flexibility index (Phi) is 6.38. The third-order valence-electron chi connectivity index (χ3n) is 5.88. The van der Waals surface area contributed by atoms with Gasteiger partial charge >= 0.3 is 0 Å². The summed E-state index contributed by atoms with van der Waals surface area (Å²) >= 11 is 0. The van der Waals surface area contributed by atoms with Gasteiger partial charge in [-0.1, -0.05) is 48.5 Å². The lowest BCUT2D eigenvalue weighted by Gasteiger charge is -2.15. The highest BCUT2D eigenvalue weighted by atomic mass is 16.5. The number of imidazole rings is 1. The smallest absolute Gasteiger partial charge is 0.143 e. The van der Waals surface area contributed by atoms with Crippen molar-refractivity contribution in [1.29, 1.82) is 0 Å². The van der Waals surface area contributed by atoms with Crippen molar-refractivity contribution in [2.45, 2.75) is 46.3 Å². The van der Waals surface area contributed by atoms with E-state index in [9.17, 15) is 5.11 Å². The van der Waals surface area contributed by atoms with E-state index in [2.05, 4.69) is 43.5 Å². The van der Waals surface area contributed by atoms with Crippen LogP contribution in [0.1, 0.15) is 47.0 Å². The molecule has 0 aliphatic carbocycles. The molecule has 4 aromatic rings. The largest absolute Gasteiger partial charge is 0.493 e. The third-order valence-corrected chi connectivity index (χ3v) is 5.88. The van der Waals surface area contributed by atoms with Gasteiger partial charge in [0, 0.05) is 6.54 Å². The van der Waals surface area contributed by atoms with Crippen LogP contribution in [0.2, 0.25) is 0 Å². The van der Waals surface area contributed by atoms with Crippen molar-refractivity contribution in [3.8, 4) is 5.75 Å². The molecule has 0 aliphatic heterocycles. The number of para-hydroxylation sites is 1. The number of aliphatic hydroxyl groups excluding tert-OH is 1. The van der Waals surface area contributed by atoms with Crippen LogP contribution in [0.4, 0.5) is 0 Å². The summed E-state index contributed by atoms with van der Waals surface area (Å²) in [6, 6.07) is 22.1. The van der Waals surface area contributed by atoms with E-state index in [1.807, 2.05) is 48.5 Å². The highest BCUT2D eigenvalue weighted by molar-refractivity contribution is 5.78. The fraction of sp³-hybridized carbons (Fsp3) is 0.296. The van der Waals surface area contributed by atoms with Gasteiger partial charge in [0.2, 0.25) is 0 Å². The van der Waals surface area contributed by atoms with Gasteiger partial charge in [0.25, 0.3) is 0 Å². The van der Waals surface area contributed by atoms with Crippen LogP contribution in [-0.4, -0.2) is 21.3 Å². The highest BCUT2D eigenvalue weighted by Crippen LogP contribution is 2.28. The van der Waals surface area contributed by atoms with Crippen molar-refractivity contribution >= 4 is 11.0 Å². The highest BCUT2D eigenvalue weighted by Gasteiger charge is 2.20.